The first-order valence-electron chi connectivity index (χ1n) is 11.9. The second-order valence-corrected chi connectivity index (χ2v) is 9.68. The van der Waals surface area contributed by atoms with Gasteiger partial charge in [-0.15, -0.1) is 0 Å². The van der Waals surface area contributed by atoms with Crippen LogP contribution in [0.1, 0.15) is 5.56 Å². The van der Waals surface area contributed by atoms with Crippen LogP contribution >= 0.6 is 15.9 Å². The summed E-state index contributed by atoms with van der Waals surface area (Å²) >= 11 is 3.52. The van der Waals surface area contributed by atoms with Gasteiger partial charge in [-0.1, -0.05) is 82.7 Å². The molecule has 5 aromatic carbocycles. The summed E-state index contributed by atoms with van der Waals surface area (Å²) in [5.41, 5.74) is 11.1. The number of ether oxygens (including phenoxy) is 1. The maximum absolute atomic E-state index is 6.15. The zero-order chi connectivity index (χ0) is 25.2. The Balaban J connectivity index is 1.34. The van der Waals surface area contributed by atoms with E-state index in [2.05, 4.69) is 79.7 Å². The molecule has 6 heteroatoms. The van der Waals surface area contributed by atoms with E-state index < -0.39 is 0 Å². The third kappa shape index (κ3) is 4.97. The highest BCUT2D eigenvalue weighted by atomic mass is 79.9. The van der Waals surface area contributed by atoms with Crippen LogP contribution in [-0.2, 0) is 6.61 Å². The molecule has 0 unspecified atom stereocenters. The number of halogens is 1. The molecule has 0 aliphatic carbocycles. The SMILES string of the molecule is Nc1nc(Nc2cccc(Br)c2)c2cccc(-c3ccc4cc(OCc5ccccc5)ccc4c3)c2n1. The second kappa shape index (κ2) is 9.91. The Bertz CT molecular complexity index is 1740. The quantitative estimate of drug-likeness (QED) is 0.220. The van der Waals surface area contributed by atoms with E-state index >= 15 is 0 Å². The van der Waals surface area contributed by atoms with Gasteiger partial charge in [-0.3, -0.25) is 0 Å². The number of para-hydroxylation sites is 1. The summed E-state index contributed by atoms with van der Waals surface area (Å²) in [5.74, 6) is 1.74. The molecule has 0 saturated heterocycles. The van der Waals surface area contributed by atoms with Crippen molar-refractivity contribution in [2.75, 3.05) is 11.1 Å². The fraction of sp³-hybridized carbons (Fsp3) is 0.0323. The molecule has 0 fully saturated rings. The van der Waals surface area contributed by atoms with Gasteiger partial charge in [0, 0.05) is 21.1 Å². The lowest BCUT2D eigenvalue weighted by molar-refractivity contribution is 0.306. The van der Waals surface area contributed by atoms with Gasteiger partial charge in [0.25, 0.3) is 0 Å². The molecule has 0 amide bonds. The molecule has 0 atom stereocenters. The number of nitrogens with one attached hydrogen (secondary N) is 1. The third-order valence-electron chi connectivity index (χ3n) is 6.20. The Morgan fingerprint density at radius 1 is 0.757 bits per heavy atom. The maximum Gasteiger partial charge on any atom is 0.222 e. The number of hydrogen-bond donors (Lipinski definition) is 2. The number of nitrogens with zero attached hydrogens (tertiary/aromatic N) is 2. The van der Waals surface area contributed by atoms with E-state index in [0.717, 1.165) is 54.3 Å². The normalized spacial score (nSPS) is 11.1. The molecule has 0 spiro atoms. The molecular formula is C31H23BrN4O. The summed E-state index contributed by atoms with van der Waals surface area (Å²) in [6.07, 6.45) is 0. The average Bonchev–Trinajstić information content (AvgIpc) is 2.92. The lowest BCUT2D eigenvalue weighted by atomic mass is 9.99. The highest BCUT2D eigenvalue weighted by Crippen LogP contribution is 2.34. The van der Waals surface area contributed by atoms with Gasteiger partial charge in [0.15, 0.2) is 0 Å². The van der Waals surface area contributed by atoms with Crippen LogP contribution in [0.5, 0.6) is 5.75 Å². The molecule has 6 rings (SSSR count). The van der Waals surface area contributed by atoms with Crippen LogP contribution in [0.4, 0.5) is 17.5 Å². The molecule has 6 aromatic rings. The predicted octanol–water partition coefficient (Wildman–Crippen LogP) is 8.12. The van der Waals surface area contributed by atoms with E-state index in [9.17, 15) is 0 Å². The Kier molecular flexibility index (Phi) is 6.16. The molecule has 5 nitrogen and oxygen atoms in total. The van der Waals surface area contributed by atoms with Gasteiger partial charge in [-0.25, -0.2) is 4.98 Å². The summed E-state index contributed by atoms with van der Waals surface area (Å²) in [4.78, 5) is 9.10. The minimum absolute atomic E-state index is 0.221. The number of nitrogens with two attached hydrogens (primary N) is 1. The molecule has 3 N–H and O–H groups in total. The van der Waals surface area contributed by atoms with Gasteiger partial charge in [0.1, 0.15) is 18.2 Å². The van der Waals surface area contributed by atoms with Gasteiger partial charge in [0.05, 0.1) is 5.52 Å². The lowest BCUT2D eigenvalue weighted by Gasteiger charge is -2.13. The van der Waals surface area contributed by atoms with Crippen LogP contribution in [0.25, 0.3) is 32.8 Å². The number of benzene rings is 5. The predicted molar refractivity (Wildman–Crippen MR) is 155 cm³/mol. The second-order valence-electron chi connectivity index (χ2n) is 8.77. The van der Waals surface area contributed by atoms with E-state index in [4.69, 9.17) is 10.5 Å². The van der Waals surface area contributed by atoms with E-state index in [1.807, 2.05) is 60.7 Å². The topological polar surface area (TPSA) is 73.1 Å². The molecule has 1 heterocycles. The Labute approximate surface area is 223 Å². The first-order chi connectivity index (χ1) is 18.1. The highest BCUT2D eigenvalue weighted by Gasteiger charge is 2.12. The van der Waals surface area contributed by atoms with Crippen LogP contribution in [0.3, 0.4) is 0 Å². The van der Waals surface area contributed by atoms with Crippen LogP contribution in [0.2, 0.25) is 0 Å². The molecule has 0 aliphatic rings. The smallest absolute Gasteiger partial charge is 0.222 e. The number of hydrogen-bond acceptors (Lipinski definition) is 5. The van der Waals surface area contributed by atoms with Crippen LogP contribution in [-0.4, -0.2) is 9.97 Å². The summed E-state index contributed by atoms with van der Waals surface area (Å²) in [6.45, 7) is 0.540. The van der Waals surface area contributed by atoms with E-state index in [1.165, 1.54) is 0 Å². The summed E-state index contributed by atoms with van der Waals surface area (Å²) in [6, 6.07) is 36.8. The third-order valence-corrected chi connectivity index (χ3v) is 6.70. The van der Waals surface area contributed by atoms with Crippen molar-refractivity contribution in [3.05, 3.63) is 119 Å². The molecule has 0 bridgehead atoms. The summed E-state index contributed by atoms with van der Waals surface area (Å²) in [5, 5.41) is 6.52. The van der Waals surface area contributed by atoms with Crippen molar-refractivity contribution in [1.82, 2.24) is 9.97 Å². The molecule has 0 aliphatic heterocycles. The first kappa shape index (κ1) is 23.0. The summed E-state index contributed by atoms with van der Waals surface area (Å²) < 4.78 is 7.00. The fourth-order valence-electron chi connectivity index (χ4n) is 4.42. The lowest BCUT2D eigenvalue weighted by Crippen LogP contribution is -2.02. The Morgan fingerprint density at radius 3 is 2.43 bits per heavy atom. The number of anilines is 3. The van der Waals surface area contributed by atoms with Crippen molar-refractivity contribution >= 4 is 55.1 Å². The van der Waals surface area contributed by atoms with Crippen molar-refractivity contribution in [3.8, 4) is 16.9 Å². The Morgan fingerprint density at radius 2 is 1.57 bits per heavy atom. The van der Waals surface area contributed by atoms with Gasteiger partial charge in [-0.05, 0) is 64.4 Å². The molecular weight excluding hydrogens is 524 g/mol. The van der Waals surface area contributed by atoms with Gasteiger partial charge in [0.2, 0.25) is 5.95 Å². The highest BCUT2D eigenvalue weighted by molar-refractivity contribution is 9.10. The van der Waals surface area contributed by atoms with E-state index in [0.29, 0.717) is 12.4 Å². The minimum Gasteiger partial charge on any atom is -0.489 e. The zero-order valence-electron chi connectivity index (χ0n) is 19.9. The summed E-state index contributed by atoms with van der Waals surface area (Å²) in [7, 11) is 0. The monoisotopic (exact) mass is 546 g/mol. The molecule has 180 valence electrons. The van der Waals surface area contributed by atoms with Crippen molar-refractivity contribution in [2.45, 2.75) is 6.61 Å². The number of rotatable bonds is 6. The van der Waals surface area contributed by atoms with Crippen LogP contribution < -0.4 is 15.8 Å². The van der Waals surface area contributed by atoms with Gasteiger partial charge >= 0.3 is 0 Å². The van der Waals surface area contributed by atoms with Gasteiger partial charge in [-0.2, -0.15) is 4.98 Å². The average molecular weight is 547 g/mol. The molecule has 0 saturated carbocycles. The molecule has 0 radical (unpaired) electrons. The largest absolute Gasteiger partial charge is 0.489 e. The fourth-order valence-corrected chi connectivity index (χ4v) is 4.82. The van der Waals surface area contributed by atoms with Crippen LogP contribution in [0, 0.1) is 0 Å². The zero-order valence-corrected chi connectivity index (χ0v) is 21.4. The van der Waals surface area contributed by atoms with E-state index in [-0.39, 0.29) is 5.95 Å². The number of aromatic nitrogens is 2. The molecule has 37 heavy (non-hydrogen) atoms. The van der Waals surface area contributed by atoms with Gasteiger partial charge < -0.3 is 15.8 Å². The van der Waals surface area contributed by atoms with Crippen molar-refractivity contribution in [2.24, 2.45) is 0 Å². The van der Waals surface area contributed by atoms with E-state index in [1.54, 1.807) is 0 Å². The maximum atomic E-state index is 6.15. The first-order valence-corrected chi connectivity index (χ1v) is 12.7. The van der Waals surface area contributed by atoms with Crippen molar-refractivity contribution < 1.29 is 4.74 Å². The standard InChI is InChI=1S/C31H23BrN4O/c32-24-8-4-9-25(18-24)34-30-28-11-5-10-27(29(28)35-31(33)36-30)23-13-12-22-17-26(15-14-21(22)16-23)37-19-20-6-2-1-3-7-20/h1-18H,19H2,(H3,33,34,35,36). The van der Waals surface area contributed by atoms with Crippen LogP contribution in [0.15, 0.2) is 114 Å². The van der Waals surface area contributed by atoms with Crippen molar-refractivity contribution in [3.63, 3.8) is 0 Å². The Hall–Kier alpha value is -4.42. The number of fused-ring (bicyclic) bond motifs is 2. The number of nitrogen functional groups attached to an aromatic ring is 1. The molecule has 1 aromatic heterocycles. The van der Waals surface area contributed by atoms with Crippen molar-refractivity contribution in [1.29, 1.82) is 0 Å². The minimum atomic E-state index is 0.221.